The van der Waals surface area contributed by atoms with Crippen molar-refractivity contribution in [2.75, 3.05) is 40.1 Å². The number of carbonyl (C=O) groups is 4. The van der Waals surface area contributed by atoms with E-state index in [2.05, 4.69) is 5.32 Å². The molecule has 12 heteroatoms. The van der Waals surface area contributed by atoms with Crippen LogP contribution in [0.5, 0.6) is 11.5 Å². The lowest BCUT2D eigenvalue weighted by molar-refractivity contribution is -0.143. The zero-order chi connectivity index (χ0) is 29.8. The van der Waals surface area contributed by atoms with Crippen LogP contribution in [0.2, 0.25) is 0 Å². The molecular weight excluding hydrogens is 526 g/mol. The summed E-state index contributed by atoms with van der Waals surface area (Å²) in [7, 11) is 1.25. The average molecular weight is 570 g/mol. The van der Waals surface area contributed by atoms with Crippen LogP contribution in [0.4, 0.5) is 14.4 Å². The molecule has 0 unspecified atom stereocenters. The summed E-state index contributed by atoms with van der Waals surface area (Å²) in [5.74, 6) is -0.291. The number of benzene rings is 1. The largest absolute Gasteiger partial charge is 0.513 e. The topological polar surface area (TPSA) is 145 Å². The molecule has 0 bridgehead atoms. The Labute approximate surface area is 235 Å². The van der Waals surface area contributed by atoms with Crippen LogP contribution < -0.4 is 14.8 Å². The second-order valence-electron chi connectivity index (χ2n) is 9.25. The molecule has 1 aromatic rings. The van der Waals surface area contributed by atoms with Gasteiger partial charge in [0, 0.05) is 6.54 Å². The molecular formula is C28H43NO11. The molecule has 226 valence electrons. The summed E-state index contributed by atoms with van der Waals surface area (Å²) in [5.41, 5.74) is 0.556. The third kappa shape index (κ3) is 15.2. The number of carbonyl (C=O) groups excluding carboxylic acids is 4. The van der Waals surface area contributed by atoms with E-state index < -0.39 is 30.5 Å². The molecule has 0 aliphatic carbocycles. The van der Waals surface area contributed by atoms with Crippen LogP contribution >= 0.6 is 0 Å². The number of ether oxygens (including phenoxy) is 7. The zero-order valence-corrected chi connectivity index (χ0v) is 24.2. The second kappa shape index (κ2) is 20.4. The van der Waals surface area contributed by atoms with Crippen molar-refractivity contribution in [2.45, 2.75) is 72.3 Å². The van der Waals surface area contributed by atoms with Crippen molar-refractivity contribution in [1.29, 1.82) is 0 Å². The van der Waals surface area contributed by atoms with Gasteiger partial charge in [-0.3, -0.25) is 4.79 Å². The Morgan fingerprint density at radius 3 is 1.93 bits per heavy atom. The zero-order valence-electron chi connectivity index (χ0n) is 24.2. The lowest BCUT2D eigenvalue weighted by Gasteiger charge is -2.18. The van der Waals surface area contributed by atoms with Gasteiger partial charge in [-0.25, -0.2) is 14.4 Å². The van der Waals surface area contributed by atoms with E-state index in [9.17, 15) is 19.2 Å². The van der Waals surface area contributed by atoms with Crippen LogP contribution in [0.3, 0.4) is 0 Å². The molecule has 0 aromatic heterocycles. The van der Waals surface area contributed by atoms with Gasteiger partial charge in [0.2, 0.25) is 0 Å². The fourth-order valence-corrected chi connectivity index (χ4v) is 3.09. The standard InChI is InChI=1S/C28H43NO11/c1-6-8-14-35-27(32)39-23-11-10-21(19-24(23)40-28(33)36-15-9-7-2)18-22(25(30)34-5)29-13-17-38-26(31)37-16-12-20(3)4/h10-11,19-20,22,29H,6-9,12-18H2,1-5H3/t22-/m0/s1. The molecule has 0 spiro atoms. The number of methoxy groups -OCH3 is 1. The summed E-state index contributed by atoms with van der Waals surface area (Å²) >= 11 is 0. The molecule has 0 aliphatic rings. The number of nitrogens with one attached hydrogen (secondary N) is 1. The van der Waals surface area contributed by atoms with Gasteiger partial charge in [-0.2, -0.15) is 0 Å². The summed E-state index contributed by atoms with van der Waals surface area (Å²) < 4.78 is 35.5. The number of rotatable bonds is 18. The quantitative estimate of drug-likeness (QED) is 0.107. The molecule has 12 nitrogen and oxygen atoms in total. The summed E-state index contributed by atoms with van der Waals surface area (Å²) in [5, 5.41) is 2.97. The van der Waals surface area contributed by atoms with Gasteiger partial charge in [0.1, 0.15) is 12.6 Å². The number of hydrogen-bond donors (Lipinski definition) is 1. The van der Waals surface area contributed by atoms with E-state index in [-0.39, 0.29) is 50.9 Å². The smallest absolute Gasteiger partial charge is 0.468 e. The average Bonchev–Trinajstić information content (AvgIpc) is 2.91. The molecule has 0 heterocycles. The Kier molecular flexibility index (Phi) is 17.6. The maximum Gasteiger partial charge on any atom is 0.513 e. The maximum absolute atomic E-state index is 12.4. The Bertz CT molecular complexity index is 920. The SMILES string of the molecule is CCCCOC(=O)Oc1ccc(C[C@H](NCCOC(=O)OCCC(C)C)C(=O)OC)cc1OC(=O)OCCCC. The highest BCUT2D eigenvalue weighted by molar-refractivity contribution is 5.76. The van der Waals surface area contributed by atoms with E-state index in [0.29, 0.717) is 24.3 Å². The van der Waals surface area contributed by atoms with E-state index >= 15 is 0 Å². The predicted octanol–water partition coefficient (Wildman–Crippen LogP) is 5.19. The fourth-order valence-electron chi connectivity index (χ4n) is 3.09. The predicted molar refractivity (Wildman–Crippen MR) is 144 cm³/mol. The third-order valence-electron chi connectivity index (χ3n) is 5.38. The molecule has 1 rings (SSSR count). The minimum absolute atomic E-state index is 0.0289. The van der Waals surface area contributed by atoms with Crippen LogP contribution in [0.1, 0.15) is 65.4 Å². The molecule has 1 atom stereocenters. The first-order valence-corrected chi connectivity index (χ1v) is 13.6. The normalized spacial score (nSPS) is 11.3. The first-order valence-electron chi connectivity index (χ1n) is 13.6. The summed E-state index contributed by atoms with van der Waals surface area (Å²) in [4.78, 5) is 48.3. The minimum Gasteiger partial charge on any atom is -0.468 e. The monoisotopic (exact) mass is 569 g/mol. The molecule has 0 fully saturated rings. The van der Waals surface area contributed by atoms with E-state index in [1.165, 1.54) is 19.2 Å². The van der Waals surface area contributed by atoms with Crippen molar-refractivity contribution in [2.24, 2.45) is 5.92 Å². The minimum atomic E-state index is -0.963. The summed E-state index contributed by atoms with van der Waals surface area (Å²) in [6, 6.07) is 3.66. The van der Waals surface area contributed by atoms with Crippen molar-refractivity contribution < 1.29 is 52.3 Å². The van der Waals surface area contributed by atoms with Crippen LogP contribution in [-0.2, 0) is 34.9 Å². The molecule has 40 heavy (non-hydrogen) atoms. The Balaban J connectivity index is 2.87. The van der Waals surface area contributed by atoms with Crippen molar-refractivity contribution in [3.8, 4) is 11.5 Å². The number of hydrogen-bond acceptors (Lipinski definition) is 12. The van der Waals surface area contributed by atoms with Crippen molar-refractivity contribution >= 4 is 24.4 Å². The Morgan fingerprint density at radius 2 is 1.35 bits per heavy atom. The first-order chi connectivity index (χ1) is 19.2. The van der Waals surface area contributed by atoms with Crippen LogP contribution in [0, 0.1) is 5.92 Å². The van der Waals surface area contributed by atoms with E-state index in [1.54, 1.807) is 6.07 Å². The second-order valence-corrected chi connectivity index (χ2v) is 9.25. The Morgan fingerprint density at radius 1 is 0.775 bits per heavy atom. The molecule has 0 saturated carbocycles. The molecule has 0 amide bonds. The fraction of sp³-hybridized carbons (Fsp3) is 0.643. The van der Waals surface area contributed by atoms with Crippen LogP contribution in [0.15, 0.2) is 18.2 Å². The molecule has 1 aromatic carbocycles. The number of esters is 1. The lowest BCUT2D eigenvalue weighted by atomic mass is 10.1. The van der Waals surface area contributed by atoms with Gasteiger partial charge in [-0.05, 0) is 49.3 Å². The molecule has 0 saturated heterocycles. The number of unbranched alkanes of at least 4 members (excludes halogenated alkanes) is 2. The lowest BCUT2D eigenvalue weighted by Crippen LogP contribution is -2.41. The van der Waals surface area contributed by atoms with Crippen molar-refractivity contribution in [1.82, 2.24) is 5.32 Å². The molecule has 0 radical (unpaired) electrons. The highest BCUT2D eigenvalue weighted by Gasteiger charge is 2.22. The van der Waals surface area contributed by atoms with Crippen LogP contribution in [0.25, 0.3) is 0 Å². The van der Waals surface area contributed by atoms with Crippen molar-refractivity contribution in [3.05, 3.63) is 23.8 Å². The van der Waals surface area contributed by atoms with Gasteiger partial charge >= 0.3 is 24.4 Å². The van der Waals surface area contributed by atoms with E-state index in [4.69, 9.17) is 33.2 Å². The van der Waals surface area contributed by atoms with Crippen molar-refractivity contribution in [3.63, 3.8) is 0 Å². The van der Waals surface area contributed by atoms with Gasteiger partial charge in [0.05, 0.1) is 26.9 Å². The van der Waals surface area contributed by atoms with Gasteiger partial charge < -0.3 is 38.5 Å². The van der Waals surface area contributed by atoms with Crippen LogP contribution in [-0.4, -0.2) is 70.6 Å². The highest BCUT2D eigenvalue weighted by Crippen LogP contribution is 2.30. The maximum atomic E-state index is 12.4. The van der Waals surface area contributed by atoms with E-state index in [1.807, 2.05) is 27.7 Å². The van der Waals surface area contributed by atoms with Gasteiger partial charge in [-0.15, -0.1) is 0 Å². The summed E-state index contributed by atoms with van der Waals surface area (Å²) in [6.07, 6.45) is 1.15. The van der Waals surface area contributed by atoms with Gasteiger partial charge in [-0.1, -0.05) is 46.6 Å². The molecule has 1 N–H and O–H groups in total. The third-order valence-corrected chi connectivity index (χ3v) is 5.38. The van der Waals surface area contributed by atoms with Gasteiger partial charge in [0.15, 0.2) is 11.5 Å². The molecule has 0 aliphatic heterocycles. The van der Waals surface area contributed by atoms with E-state index in [0.717, 1.165) is 19.3 Å². The first kappa shape index (κ1) is 34.5. The highest BCUT2D eigenvalue weighted by atomic mass is 16.7. The Hall–Kier alpha value is -3.54. The van der Waals surface area contributed by atoms with Gasteiger partial charge in [0.25, 0.3) is 0 Å². The summed E-state index contributed by atoms with van der Waals surface area (Å²) in [6.45, 7) is 8.69.